The predicted octanol–water partition coefficient (Wildman–Crippen LogP) is 3.54. The summed E-state index contributed by atoms with van der Waals surface area (Å²) < 4.78 is 0. The number of ketones is 1. The van der Waals surface area contributed by atoms with E-state index >= 15 is 0 Å². The molecule has 7 heteroatoms. The fourth-order valence-electron chi connectivity index (χ4n) is 3.94. The largest absolute Gasteiger partial charge is 0.369 e. The van der Waals surface area contributed by atoms with Crippen LogP contribution in [-0.2, 0) is 6.54 Å². The van der Waals surface area contributed by atoms with E-state index in [1.54, 1.807) is 11.7 Å². The summed E-state index contributed by atoms with van der Waals surface area (Å²) in [6, 6.07) is 17.9. The Hall–Kier alpha value is -3.06. The molecule has 0 aliphatic carbocycles. The van der Waals surface area contributed by atoms with Crippen LogP contribution in [-0.4, -0.2) is 63.6 Å². The zero-order chi connectivity index (χ0) is 21.5. The minimum Gasteiger partial charge on any atom is -0.369 e. The van der Waals surface area contributed by atoms with Crippen LogP contribution >= 0.6 is 0 Å². The van der Waals surface area contributed by atoms with Crippen LogP contribution in [0.2, 0.25) is 0 Å². The van der Waals surface area contributed by atoms with E-state index in [4.69, 9.17) is 0 Å². The number of anilines is 1. The third-order valence-corrected chi connectivity index (χ3v) is 5.83. The molecule has 0 radical (unpaired) electrons. The van der Waals surface area contributed by atoms with Gasteiger partial charge in [-0.25, -0.2) is 0 Å². The monoisotopic (exact) mass is 418 g/mol. The van der Waals surface area contributed by atoms with E-state index in [0.29, 0.717) is 5.82 Å². The third-order valence-electron chi connectivity index (χ3n) is 5.83. The van der Waals surface area contributed by atoms with Crippen LogP contribution in [0.1, 0.15) is 36.5 Å². The first-order chi connectivity index (χ1) is 15.2. The van der Waals surface area contributed by atoms with Gasteiger partial charge in [-0.2, -0.15) is 4.80 Å². The van der Waals surface area contributed by atoms with Crippen molar-refractivity contribution < 1.29 is 4.79 Å². The summed E-state index contributed by atoms with van der Waals surface area (Å²) in [5, 5.41) is 12.8. The van der Waals surface area contributed by atoms with Crippen molar-refractivity contribution in [1.82, 2.24) is 25.1 Å². The zero-order valence-corrected chi connectivity index (χ0v) is 18.2. The number of unbranched alkanes of at least 4 members (excludes halogenated alkanes) is 2. The minimum atomic E-state index is 0.118. The standard InChI is InChI=1S/C24H30N6O/c1-20(31)21-10-12-23(13-11-21)29-18-16-28(17-19-29)14-6-3-7-15-30-26-24(25-27-30)22-8-4-2-5-9-22/h2,4-5,8-13H,3,6-7,14-19H2,1H3. The van der Waals surface area contributed by atoms with Gasteiger partial charge in [0.05, 0.1) is 6.54 Å². The van der Waals surface area contributed by atoms with Crippen molar-refractivity contribution >= 4 is 11.5 Å². The van der Waals surface area contributed by atoms with E-state index in [2.05, 4.69) is 37.3 Å². The Morgan fingerprint density at radius 2 is 1.58 bits per heavy atom. The highest BCUT2D eigenvalue weighted by Gasteiger charge is 2.17. The quantitative estimate of drug-likeness (QED) is 0.391. The summed E-state index contributed by atoms with van der Waals surface area (Å²) in [6.07, 6.45) is 3.41. The molecule has 1 aliphatic heterocycles. The van der Waals surface area contributed by atoms with Crippen LogP contribution in [0, 0.1) is 0 Å². The Labute approximate surface area is 183 Å². The van der Waals surface area contributed by atoms with Crippen molar-refractivity contribution in [2.45, 2.75) is 32.7 Å². The molecule has 162 valence electrons. The number of Topliss-reactive ketones (excluding diaryl/α,β-unsaturated/α-hetero) is 1. The molecule has 31 heavy (non-hydrogen) atoms. The molecule has 0 saturated carbocycles. The van der Waals surface area contributed by atoms with E-state index in [1.165, 1.54) is 12.1 Å². The minimum absolute atomic E-state index is 0.118. The maximum Gasteiger partial charge on any atom is 0.204 e. The number of nitrogens with zero attached hydrogens (tertiary/aromatic N) is 6. The van der Waals surface area contributed by atoms with Crippen LogP contribution < -0.4 is 4.90 Å². The Balaban J connectivity index is 1.13. The molecule has 4 rings (SSSR count). The summed E-state index contributed by atoms with van der Waals surface area (Å²) in [4.78, 5) is 18.1. The molecule has 7 nitrogen and oxygen atoms in total. The van der Waals surface area contributed by atoms with Crippen molar-refractivity contribution in [3.8, 4) is 11.4 Å². The number of aromatic nitrogens is 4. The Kier molecular flexibility index (Phi) is 7.04. The Bertz CT molecular complexity index is 961. The van der Waals surface area contributed by atoms with Gasteiger partial charge in [0.2, 0.25) is 5.82 Å². The number of rotatable bonds is 9. The van der Waals surface area contributed by atoms with E-state index in [9.17, 15) is 4.79 Å². The molecule has 0 bridgehead atoms. The SMILES string of the molecule is CC(=O)c1ccc(N2CCN(CCCCCn3nnc(-c4ccccc4)n3)CC2)cc1. The van der Waals surface area contributed by atoms with Gasteiger partial charge in [-0.1, -0.05) is 36.8 Å². The lowest BCUT2D eigenvalue weighted by Crippen LogP contribution is -2.46. The topological polar surface area (TPSA) is 67.2 Å². The number of aryl methyl sites for hydroxylation is 1. The predicted molar refractivity (Wildman–Crippen MR) is 122 cm³/mol. The van der Waals surface area contributed by atoms with Crippen LogP contribution in [0.25, 0.3) is 11.4 Å². The molecule has 0 unspecified atom stereocenters. The first-order valence-electron chi connectivity index (χ1n) is 11.1. The van der Waals surface area contributed by atoms with Gasteiger partial charge in [-0.15, -0.1) is 10.2 Å². The third kappa shape index (κ3) is 5.76. The van der Waals surface area contributed by atoms with Gasteiger partial charge in [0, 0.05) is 43.0 Å². The van der Waals surface area contributed by atoms with E-state index < -0.39 is 0 Å². The normalized spacial score (nSPS) is 14.7. The lowest BCUT2D eigenvalue weighted by molar-refractivity contribution is 0.101. The summed E-state index contributed by atoms with van der Waals surface area (Å²) in [6.45, 7) is 7.79. The molecule has 1 fully saturated rings. The maximum atomic E-state index is 11.4. The lowest BCUT2D eigenvalue weighted by atomic mass is 10.1. The van der Waals surface area contributed by atoms with Gasteiger partial charge in [-0.05, 0) is 55.8 Å². The molecule has 0 atom stereocenters. The number of benzene rings is 2. The molecule has 0 spiro atoms. The second-order valence-electron chi connectivity index (χ2n) is 8.07. The van der Waals surface area contributed by atoms with Gasteiger partial charge in [0.25, 0.3) is 0 Å². The summed E-state index contributed by atoms with van der Waals surface area (Å²) in [7, 11) is 0. The highest BCUT2D eigenvalue weighted by molar-refractivity contribution is 5.94. The van der Waals surface area contributed by atoms with Crippen molar-refractivity contribution in [2.24, 2.45) is 0 Å². The number of piperazine rings is 1. The molecule has 1 saturated heterocycles. The van der Waals surface area contributed by atoms with E-state index in [0.717, 1.165) is 63.2 Å². The molecule has 2 aromatic carbocycles. The average Bonchev–Trinajstić information content (AvgIpc) is 3.29. The molecular weight excluding hydrogens is 388 g/mol. The van der Waals surface area contributed by atoms with Crippen molar-refractivity contribution in [3.05, 3.63) is 60.2 Å². The Morgan fingerprint density at radius 3 is 2.29 bits per heavy atom. The fraction of sp³-hybridized carbons (Fsp3) is 0.417. The van der Waals surface area contributed by atoms with Gasteiger partial charge >= 0.3 is 0 Å². The molecule has 3 aromatic rings. The second kappa shape index (κ2) is 10.3. The number of tetrazole rings is 1. The zero-order valence-electron chi connectivity index (χ0n) is 18.2. The molecule has 2 heterocycles. The van der Waals surface area contributed by atoms with E-state index in [1.807, 2.05) is 42.5 Å². The van der Waals surface area contributed by atoms with Crippen molar-refractivity contribution in [1.29, 1.82) is 0 Å². The van der Waals surface area contributed by atoms with Crippen LogP contribution in [0.5, 0.6) is 0 Å². The lowest BCUT2D eigenvalue weighted by Gasteiger charge is -2.36. The molecule has 0 amide bonds. The highest BCUT2D eigenvalue weighted by atomic mass is 16.1. The average molecular weight is 419 g/mol. The van der Waals surface area contributed by atoms with Crippen molar-refractivity contribution in [2.75, 3.05) is 37.6 Å². The first kappa shape index (κ1) is 21.2. The van der Waals surface area contributed by atoms with Gasteiger partial charge in [0.1, 0.15) is 0 Å². The highest BCUT2D eigenvalue weighted by Crippen LogP contribution is 2.18. The smallest absolute Gasteiger partial charge is 0.204 e. The maximum absolute atomic E-state index is 11.4. The summed E-state index contributed by atoms with van der Waals surface area (Å²) in [5.41, 5.74) is 2.99. The van der Waals surface area contributed by atoms with Crippen molar-refractivity contribution in [3.63, 3.8) is 0 Å². The Morgan fingerprint density at radius 1 is 0.871 bits per heavy atom. The summed E-state index contributed by atoms with van der Waals surface area (Å²) >= 11 is 0. The number of carbonyl (C=O) groups is 1. The van der Waals surface area contributed by atoms with Crippen LogP contribution in [0.3, 0.4) is 0 Å². The fourth-order valence-corrected chi connectivity index (χ4v) is 3.94. The second-order valence-corrected chi connectivity index (χ2v) is 8.07. The van der Waals surface area contributed by atoms with Gasteiger partial charge in [0.15, 0.2) is 5.78 Å². The van der Waals surface area contributed by atoms with E-state index in [-0.39, 0.29) is 5.78 Å². The molecule has 0 N–H and O–H groups in total. The number of hydrogen-bond donors (Lipinski definition) is 0. The molecule has 1 aliphatic rings. The van der Waals surface area contributed by atoms with Gasteiger partial charge in [-0.3, -0.25) is 9.69 Å². The van der Waals surface area contributed by atoms with Crippen LogP contribution in [0.4, 0.5) is 5.69 Å². The number of carbonyl (C=O) groups excluding carboxylic acids is 1. The number of hydrogen-bond acceptors (Lipinski definition) is 6. The first-order valence-corrected chi connectivity index (χ1v) is 11.1. The van der Waals surface area contributed by atoms with Crippen LogP contribution in [0.15, 0.2) is 54.6 Å². The molecule has 1 aromatic heterocycles. The summed E-state index contributed by atoms with van der Waals surface area (Å²) in [5.74, 6) is 0.807. The van der Waals surface area contributed by atoms with Gasteiger partial charge < -0.3 is 4.90 Å². The molecular formula is C24H30N6O.